The van der Waals surface area contributed by atoms with Crippen LogP contribution in [0.4, 0.5) is 14.5 Å². The van der Waals surface area contributed by atoms with Crippen molar-refractivity contribution in [3.8, 4) is 0 Å². The summed E-state index contributed by atoms with van der Waals surface area (Å²) in [6.45, 7) is 9.85. The van der Waals surface area contributed by atoms with Crippen LogP contribution >= 0.6 is 24.0 Å². The van der Waals surface area contributed by atoms with E-state index in [9.17, 15) is 8.78 Å². The molecule has 0 saturated carbocycles. The van der Waals surface area contributed by atoms with Crippen LogP contribution in [0.5, 0.6) is 0 Å². The van der Waals surface area contributed by atoms with Crippen molar-refractivity contribution in [2.75, 3.05) is 24.5 Å². The van der Waals surface area contributed by atoms with Gasteiger partial charge in [0.25, 0.3) is 0 Å². The van der Waals surface area contributed by atoms with Crippen LogP contribution in [0.2, 0.25) is 0 Å². The van der Waals surface area contributed by atoms with Crippen molar-refractivity contribution in [1.82, 2.24) is 20.2 Å². The van der Waals surface area contributed by atoms with Gasteiger partial charge in [-0.2, -0.15) is 0 Å². The first-order chi connectivity index (χ1) is 14.0. The summed E-state index contributed by atoms with van der Waals surface area (Å²) in [6.07, 6.45) is 4.64. The van der Waals surface area contributed by atoms with Crippen molar-refractivity contribution >= 4 is 35.6 Å². The predicted octanol–water partition coefficient (Wildman–Crippen LogP) is 3.77. The molecule has 2 N–H and O–H groups in total. The predicted molar refractivity (Wildman–Crippen MR) is 127 cm³/mol. The van der Waals surface area contributed by atoms with E-state index in [1.807, 2.05) is 18.0 Å². The highest BCUT2D eigenvalue weighted by Gasteiger charge is 2.25. The Hall–Kier alpha value is -1.91. The maximum Gasteiger partial charge on any atom is 0.191 e. The molecule has 30 heavy (non-hydrogen) atoms. The van der Waals surface area contributed by atoms with E-state index >= 15 is 0 Å². The number of hydrogen-bond donors (Lipinski definition) is 2. The van der Waals surface area contributed by atoms with Crippen LogP contribution < -0.4 is 15.5 Å². The van der Waals surface area contributed by atoms with E-state index in [1.165, 1.54) is 12.1 Å². The maximum atomic E-state index is 14.1. The van der Waals surface area contributed by atoms with Crippen LogP contribution in [0.1, 0.15) is 33.0 Å². The molecule has 1 aromatic carbocycles. The third kappa shape index (κ3) is 6.55. The average molecular weight is 532 g/mol. The summed E-state index contributed by atoms with van der Waals surface area (Å²) in [5.74, 6) is 1.10. The second-order valence-corrected chi connectivity index (χ2v) is 7.76. The number of rotatable bonds is 7. The van der Waals surface area contributed by atoms with Crippen LogP contribution in [0.3, 0.4) is 0 Å². The van der Waals surface area contributed by atoms with Crippen molar-refractivity contribution < 1.29 is 8.78 Å². The number of nitrogens with one attached hydrogen (secondary N) is 2. The monoisotopic (exact) mass is 532 g/mol. The molecule has 1 aliphatic heterocycles. The fourth-order valence-corrected chi connectivity index (χ4v) is 3.55. The van der Waals surface area contributed by atoms with Crippen LogP contribution in [-0.2, 0) is 13.1 Å². The van der Waals surface area contributed by atoms with Gasteiger partial charge in [-0.25, -0.2) is 18.8 Å². The highest BCUT2D eigenvalue weighted by Crippen LogP contribution is 2.24. The summed E-state index contributed by atoms with van der Waals surface area (Å²) < 4.78 is 29.4. The number of hydrogen-bond acceptors (Lipinski definition) is 3. The molecule has 2 heterocycles. The lowest BCUT2D eigenvalue weighted by atomic mass is 10.2. The molecule has 1 fully saturated rings. The molecule has 1 saturated heterocycles. The summed E-state index contributed by atoms with van der Waals surface area (Å²) in [4.78, 5) is 11.0. The zero-order valence-electron chi connectivity index (χ0n) is 17.7. The minimum Gasteiger partial charge on any atom is -0.367 e. The number of anilines is 1. The normalized spacial score (nSPS) is 16.7. The quantitative estimate of drug-likeness (QED) is 0.324. The zero-order chi connectivity index (χ0) is 20.8. The molecule has 3 rings (SSSR count). The fraction of sp³-hybridized carbons (Fsp3) is 0.524. The van der Waals surface area contributed by atoms with Gasteiger partial charge in [0.2, 0.25) is 0 Å². The number of halogens is 3. The van der Waals surface area contributed by atoms with Gasteiger partial charge in [0.05, 0.1) is 5.69 Å². The Morgan fingerprint density at radius 2 is 2.13 bits per heavy atom. The van der Waals surface area contributed by atoms with Gasteiger partial charge in [-0.3, -0.25) is 0 Å². The van der Waals surface area contributed by atoms with Gasteiger partial charge in [0.1, 0.15) is 24.0 Å². The highest BCUT2D eigenvalue weighted by atomic mass is 127. The van der Waals surface area contributed by atoms with Gasteiger partial charge in [-0.1, -0.05) is 13.8 Å². The van der Waals surface area contributed by atoms with Crippen LogP contribution in [0.25, 0.3) is 0 Å². The Morgan fingerprint density at radius 3 is 2.83 bits per heavy atom. The Bertz CT molecular complexity index is 839. The number of imidazole rings is 1. The van der Waals surface area contributed by atoms with Crippen LogP contribution in [0.15, 0.2) is 35.6 Å². The molecule has 0 bridgehead atoms. The van der Waals surface area contributed by atoms with E-state index in [-0.39, 0.29) is 30.0 Å². The molecular formula is C21H31F2IN6. The van der Waals surface area contributed by atoms with E-state index in [1.54, 1.807) is 6.20 Å². The maximum absolute atomic E-state index is 14.1. The van der Waals surface area contributed by atoms with Gasteiger partial charge in [-0.05, 0) is 31.4 Å². The molecule has 1 aliphatic rings. The summed E-state index contributed by atoms with van der Waals surface area (Å²) in [7, 11) is 0. The van der Waals surface area contributed by atoms with Gasteiger partial charge < -0.3 is 20.1 Å². The topological polar surface area (TPSA) is 57.5 Å². The Kier molecular flexibility index (Phi) is 9.32. The molecule has 1 aromatic heterocycles. The van der Waals surface area contributed by atoms with Crippen LogP contribution in [-0.4, -0.2) is 41.2 Å². The minimum atomic E-state index is -0.558. The third-order valence-electron chi connectivity index (χ3n) is 4.87. The first-order valence-electron chi connectivity index (χ1n) is 10.2. The molecule has 0 aliphatic carbocycles. The molecule has 1 atom stereocenters. The van der Waals surface area contributed by atoms with Crippen molar-refractivity contribution in [2.45, 2.75) is 46.3 Å². The average Bonchev–Trinajstić information content (AvgIpc) is 3.29. The SMILES string of the molecule is CCNC(=NCc1nccn1CC(C)C)NC1CCN(c2ccc(F)cc2F)C1.I. The lowest BCUT2D eigenvalue weighted by molar-refractivity contribution is 0.507. The molecule has 0 spiro atoms. The number of aliphatic imine (C=N–C) groups is 1. The molecule has 0 amide bonds. The minimum absolute atomic E-state index is 0. The van der Waals surface area contributed by atoms with Crippen LogP contribution in [0, 0.1) is 17.6 Å². The smallest absolute Gasteiger partial charge is 0.191 e. The van der Waals surface area contributed by atoms with E-state index in [0.717, 1.165) is 37.4 Å². The number of guanidine groups is 1. The van der Waals surface area contributed by atoms with E-state index in [4.69, 9.17) is 0 Å². The summed E-state index contributed by atoms with van der Waals surface area (Å²) in [6, 6.07) is 3.86. The van der Waals surface area contributed by atoms with E-state index in [2.05, 4.69) is 39.0 Å². The summed E-state index contributed by atoms with van der Waals surface area (Å²) in [5, 5.41) is 6.70. The number of benzene rings is 1. The number of nitrogens with zero attached hydrogens (tertiary/aromatic N) is 4. The first-order valence-corrected chi connectivity index (χ1v) is 10.2. The standard InChI is InChI=1S/C21H30F2N6.HI/c1-4-24-21(26-12-20-25-8-10-29(20)13-15(2)3)27-17-7-9-28(14-17)19-6-5-16(22)11-18(19)23;/h5-6,8,10-11,15,17H,4,7,9,12-14H2,1-3H3,(H2,24,26,27);1H. The Balaban J connectivity index is 0.00000320. The van der Waals surface area contributed by atoms with Gasteiger partial charge in [0.15, 0.2) is 5.96 Å². The van der Waals surface area contributed by atoms with E-state index in [0.29, 0.717) is 31.2 Å². The fourth-order valence-electron chi connectivity index (χ4n) is 3.55. The van der Waals surface area contributed by atoms with Gasteiger partial charge in [-0.15, -0.1) is 24.0 Å². The lowest BCUT2D eigenvalue weighted by Crippen LogP contribution is -2.44. The lowest BCUT2D eigenvalue weighted by Gasteiger charge is -2.21. The van der Waals surface area contributed by atoms with Crippen molar-refractivity contribution in [3.63, 3.8) is 0 Å². The number of aromatic nitrogens is 2. The molecule has 2 aromatic rings. The second kappa shape index (κ2) is 11.5. The molecule has 9 heteroatoms. The highest BCUT2D eigenvalue weighted by molar-refractivity contribution is 14.0. The largest absolute Gasteiger partial charge is 0.367 e. The molecule has 1 unspecified atom stereocenters. The van der Waals surface area contributed by atoms with Crippen molar-refractivity contribution in [1.29, 1.82) is 0 Å². The van der Waals surface area contributed by atoms with Gasteiger partial charge >= 0.3 is 0 Å². The summed E-state index contributed by atoms with van der Waals surface area (Å²) >= 11 is 0. The van der Waals surface area contributed by atoms with Gasteiger partial charge in [0, 0.05) is 50.7 Å². The molecule has 0 radical (unpaired) electrons. The Labute approximate surface area is 194 Å². The third-order valence-corrected chi connectivity index (χ3v) is 4.87. The first kappa shape index (κ1) is 24.4. The van der Waals surface area contributed by atoms with E-state index < -0.39 is 11.6 Å². The van der Waals surface area contributed by atoms with Crippen molar-refractivity contribution in [2.24, 2.45) is 10.9 Å². The molecular weight excluding hydrogens is 501 g/mol. The zero-order valence-corrected chi connectivity index (χ0v) is 20.1. The molecule has 6 nitrogen and oxygen atoms in total. The summed E-state index contributed by atoms with van der Waals surface area (Å²) in [5.41, 5.74) is 0.438. The molecule has 166 valence electrons. The Morgan fingerprint density at radius 1 is 1.33 bits per heavy atom. The van der Waals surface area contributed by atoms with Crippen molar-refractivity contribution in [3.05, 3.63) is 48.1 Å². The second-order valence-electron chi connectivity index (χ2n) is 7.76.